The maximum absolute atomic E-state index is 13.5. The number of carbonyl (C=O) groups is 3. The van der Waals surface area contributed by atoms with E-state index in [9.17, 15) is 14.4 Å². The van der Waals surface area contributed by atoms with E-state index in [1.54, 1.807) is 31.2 Å². The maximum atomic E-state index is 13.5. The molecule has 0 saturated carbocycles. The van der Waals surface area contributed by atoms with Crippen molar-refractivity contribution < 1.29 is 28.3 Å². The van der Waals surface area contributed by atoms with Crippen LogP contribution in [0.3, 0.4) is 0 Å². The van der Waals surface area contributed by atoms with Crippen molar-refractivity contribution in [3.63, 3.8) is 0 Å². The second-order valence-electron chi connectivity index (χ2n) is 10.2. The number of furan rings is 1. The summed E-state index contributed by atoms with van der Waals surface area (Å²) in [6.07, 6.45) is 2.42. The van der Waals surface area contributed by atoms with Crippen molar-refractivity contribution in [3.8, 4) is 5.75 Å². The fraction of sp³-hybridized carbons (Fsp3) is 0.379. The summed E-state index contributed by atoms with van der Waals surface area (Å²) in [5, 5.41) is 7.21. The van der Waals surface area contributed by atoms with Crippen molar-refractivity contribution >= 4 is 23.9 Å². The van der Waals surface area contributed by atoms with Crippen molar-refractivity contribution in [2.24, 2.45) is 10.5 Å². The lowest BCUT2D eigenvalue weighted by Gasteiger charge is -2.39. The molecule has 0 radical (unpaired) electrons. The molecule has 0 fully saturated rings. The zero-order valence-electron chi connectivity index (χ0n) is 22.3. The molecular formula is C29H33N3O6. The molecule has 200 valence electrons. The first kappa shape index (κ1) is 26.9. The predicted octanol–water partition coefficient (Wildman–Crippen LogP) is 4.28. The smallest absolute Gasteiger partial charge is 0.336 e. The molecule has 1 aliphatic carbocycles. The van der Waals surface area contributed by atoms with Gasteiger partial charge in [-0.1, -0.05) is 32.0 Å². The summed E-state index contributed by atoms with van der Waals surface area (Å²) >= 11 is 0. The zero-order chi connectivity index (χ0) is 27.4. The summed E-state index contributed by atoms with van der Waals surface area (Å²) in [5.41, 5.74) is 5.14. The lowest BCUT2D eigenvalue weighted by atomic mass is 9.68. The zero-order valence-corrected chi connectivity index (χ0v) is 22.3. The highest BCUT2D eigenvalue weighted by atomic mass is 16.5. The molecule has 2 N–H and O–H groups in total. The van der Waals surface area contributed by atoms with Crippen LogP contribution in [0.15, 0.2) is 68.5 Å². The first-order valence-electron chi connectivity index (χ1n) is 12.6. The summed E-state index contributed by atoms with van der Waals surface area (Å²) in [4.78, 5) is 39.0. The van der Waals surface area contributed by atoms with Gasteiger partial charge in [-0.05, 0) is 50.8 Å². The van der Waals surface area contributed by atoms with Crippen LogP contribution in [0.2, 0.25) is 0 Å². The van der Waals surface area contributed by atoms with Crippen molar-refractivity contribution in [3.05, 3.63) is 76.0 Å². The molecule has 1 aromatic carbocycles. The number of para-hydroxylation sites is 1. The molecule has 1 aliphatic heterocycles. The minimum Gasteiger partial charge on any atom is -0.483 e. The van der Waals surface area contributed by atoms with Crippen LogP contribution in [0.25, 0.3) is 0 Å². The first-order chi connectivity index (χ1) is 18.1. The van der Waals surface area contributed by atoms with Crippen LogP contribution in [0.4, 0.5) is 0 Å². The number of hydrogen-bond donors (Lipinski definition) is 2. The summed E-state index contributed by atoms with van der Waals surface area (Å²) < 4.78 is 16.7. The van der Waals surface area contributed by atoms with Gasteiger partial charge in [-0.2, -0.15) is 5.10 Å². The van der Waals surface area contributed by atoms with Crippen molar-refractivity contribution in [1.29, 1.82) is 0 Å². The van der Waals surface area contributed by atoms with Gasteiger partial charge in [0.25, 0.3) is 5.91 Å². The fourth-order valence-corrected chi connectivity index (χ4v) is 4.94. The van der Waals surface area contributed by atoms with Gasteiger partial charge in [-0.3, -0.25) is 9.59 Å². The Kier molecular flexibility index (Phi) is 7.85. The number of amides is 1. The number of hydrazone groups is 1. The molecule has 4 rings (SSSR count). The van der Waals surface area contributed by atoms with E-state index in [-0.39, 0.29) is 24.4 Å². The molecule has 0 bridgehead atoms. The van der Waals surface area contributed by atoms with Crippen LogP contribution < -0.4 is 15.5 Å². The van der Waals surface area contributed by atoms with Gasteiger partial charge in [0, 0.05) is 29.0 Å². The van der Waals surface area contributed by atoms with Crippen molar-refractivity contribution in [1.82, 2.24) is 10.7 Å². The van der Waals surface area contributed by atoms with Gasteiger partial charge in [-0.15, -0.1) is 0 Å². The molecule has 2 aliphatic rings. The largest absolute Gasteiger partial charge is 0.483 e. The van der Waals surface area contributed by atoms with E-state index in [2.05, 4.69) is 29.7 Å². The third-order valence-corrected chi connectivity index (χ3v) is 6.47. The Morgan fingerprint density at radius 3 is 2.66 bits per heavy atom. The van der Waals surface area contributed by atoms with Gasteiger partial charge in [-0.25, -0.2) is 10.2 Å². The number of rotatable bonds is 8. The van der Waals surface area contributed by atoms with E-state index >= 15 is 0 Å². The molecule has 0 saturated heterocycles. The Labute approximate surface area is 222 Å². The number of aryl methyl sites for hydroxylation is 1. The summed E-state index contributed by atoms with van der Waals surface area (Å²) in [7, 11) is 0. The Bertz CT molecular complexity index is 1350. The van der Waals surface area contributed by atoms with Crippen LogP contribution in [0.5, 0.6) is 5.75 Å². The Morgan fingerprint density at radius 1 is 1.18 bits per heavy atom. The number of dihydropyridines is 1. The molecule has 0 spiro atoms. The fourth-order valence-electron chi connectivity index (χ4n) is 4.94. The van der Waals surface area contributed by atoms with Gasteiger partial charge in [0.05, 0.1) is 24.3 Å². The molecule has 2 aromatic rings. The van der Waals surface area contributed by atoms with E-state index in [1.165, 1.54) is 6.21 Å². The molecule has 9 nitrogen and oxygen atoms in total. The lowest BCUT2D eigenvalue weighted by Crippen LogP contribution is -2.38. The molecule has 1 unspecified atom stereocenters. The van der Waals surface area contributed by atoms with Gasteiger partial charge in [0.1, 0.15) is 17.3 Å². The molecule has 1 amide bonds. The Hall–Kier alpha value is -4.14. The van der Waals surface area contributed by atoms with E-state index in [0.717, 1.165) is 11.5 Å². The third kappa shape index (κ3) is 5.88. The minimum atomic E-state index is -0.687. The SMILES string of the molecule is CCOC(=O)C1=C(C)NC2=C(C(=O)CC(C)(C)C2)C1c1ccccc1OCC(=O)NN=Cc1ccc(C)o1. The normalized spacial score (nSPS) is 18.8. The topological polar surface area (TPSA) is 119 Å². The van der Waals surface area contributed by atoms with Crippen LogP contribution in [0, 0.1) is 12.3 Å². The number of nitrogens with zero attached hydrogens (tertiary/aromatic N) is 1. The van der Waals surface area contributed by atoms with E-state index in [0.29, 0.717) is 46.8 Å². The van der Waals surface area contributed by atoms with Gasteiger partial charge in [0.2, 0.25) is 0 Å². The standard InChI is InChI=1S/C29H33N3O6/c1-6-36-28(35)25-18(3)31-21-13-29(4,5)14-22(33)27(21)26(25)20-9-7-8-10-23(20)37-16-24(34)32-30-15-19-12-11-17(2)38-19/h7-12,15,26,31H,6,13-14,16H2,1-5H3,(H,32,34). The van der Waals surface area contributed by atoms with E-state index in [4.69, 9.17) is 13.9 Å². The third-order valence-electron chi connectivity index (χ3n) is 6.47. The second-order valence-corrected chi connectivity index (χ2v) is 10.2. The number of esters is 1. The quantitative estimate of drug-likeness (QED) is 0.303. The van der Waals surface area contributed by atoms with E-state index < -0.39 is 17.8 Å². The average molecular weight is 520 g/mol. The van der Waals surface area contributed by atoms with E-state index in [1.807, 2.05) is 26.0 Å². The minimum absolute atomic E-state index is 0.0295. The molecular weight excluding hydrogens is 486 g/mol. The van der Waals surface area contributed by atoms with Crippen LogP contribution >= 0.6 is 0 Å². The van der Waals surface area contributed by atoms with Gasteiger partial charge in [0.15, 0.2) is 12.4 Å². The molecule has 1 aromatic heterocycles. The van der Waals surface area contributed by atoms with Gasteiger partial charge < -0.3 is 19.2 Å². The number of hydrogen-bond acceptors (Lipinski definition) is 8. The van der Waals surface area contributed by atoms with Crippen LogP contribution in [0.1, 0.15) is 63.5 Å². The van der Waals surface area contributed by atoms with Crippen LogP contribution in [-0.4, -0.2) is 37.1 Å². The highest BCUT2D eigenvalue weighted by molar-refractivity contribution is 6.04. The second kappa shape index (κ2) is 11.1. The lowest BCUT2D eigenvalue weighted by molar-refractivity contribution is -0.139. The van der Waals surface area contributed by atoms with Crippen molar-refractivity contribution in [2.75, 3.05) is 13.2 Å². The summed E-state index contributed by atoms with van der Waals surface area (Å²) in [6, 6.07) is 10.7. The monoisotopic (exact) mass is 519 g/mol. The highest BCUT2D eigenvalue weighted by Gasteiger charge is 2.44. The van der Waals surface area contributed by atoms with Crippen LogP contribution in [-0.2, 0) is 19.1 Å². The number of allylic oxidation sites excluding steroid dienone is 3. The number of carbonyl (C=O) groups excluding carboxylic acids is 3. The number of nitrogens with one attached hydrogen (secondary N) is 2. The number of benzene rings is 1. The number of ketones is 1. The summed E-state index contributed by atoms with van der Waals surface area (Å²) in [5.74, 6) is -0.0525. The Morgan fingerprint density at radius 2 is 1.95 bits per heavy atom. The maximum Gasteiger partial charge on any atom is 0.336 e. The molecule has 38 heavy (non-hydrogen) atoms. The molecule has 2 heterocycles. The molecule has 1 atom stereocenters. The number of Topliss-reactive ketones (excluding diaryl/α,β-unsaturated/α-hetero) is 1. The average Bonchev–Trinajstić information content (AvgIpc) is 3.26. The number of ether oxygens (including phenoxy) is 2. The first-order valence-corrected chi connectivity index (χ1v) is 12.6. The highest BCUT2D eigenvalue weighted by Crippen LogP contribution is 2.48. The van der Waals surface area contributed by atoms with Gasteiger partial charge >= 0.3 is 5.97 Å². The summed E-state index contributed by atoms with van der Waals surface area (Å²) in [6.45, 7) is 9.35. The predicted molar refractivity (Wildman–Crippen MR) is 141 cm³/mol. The van der Waals surface area contributed by atoms with Crippen molar-refractivity contribution in [2.45, 2.75) is 53.4 Å². The molecule has 9 heteroatoms. The Balaban J connectivity index is 1.62.